The van der Waals surface area contributed by atoms with Crippen LogP contribution in [0.3, 0.4) is 0 Å². The first kappa shape index (κ1) is 12.4. The second-order valence-corrected chi connectivity index (χ2v) is 5.66. The highest BCUT2D eigenvalue weighted by atomic mass is 16.4. The van der Waals surface area contributed by atoms with Gasteiger partial charge in [0.05, 0.1) is 11.8 Å². The van der Waals surface area contributed by atoms with Gasteiger partial charge in [-0.2, -0.15) is 0 Å². The normalized spacial score (nSPS) is 36.3. The number of carboxylic acids is 1. The fourth-order valence-corrected chi connectivity index (χ4v) is 2.67. The summed E-state index contributed by atoms with van der Waals surface area (Å²) < 4.78 is 0. The number of amides is 1. The van der Waals surface area contributed by atoms with Crippen molar-refractivity contribution in [1.29, 1.82) is 0 Å². The lowest BCUT2D eigenvalue weighted by atomic mass is 9.83. The van der Waals surface area contributed by atoms with Gasteiger partial charge in [-0.3, -0.25) is 9.59 Å². The number of aliphatic carboxylic acids is 1. The molecular weight excluding hydrogens is 218 g/mol. The molecule has 0 aromatic carbocycles. The van der Waals surface area contributed by atoms with Gasteiger partial charge in [-0.1, -0.05) is 19.8 Å². The summed E-state index contributed by atoms with van der Waals surface area (Å²) >= 11 is 0. The van der Waals surface area contributed by atoms with Gasteiger partial charge in [-0.05, 0) is 31.1 Å². The molecule has 17 heavy (non-hydrogen) atoms. The summed E-state index contributed by atoms with van der Waals surface area (Å²) in [6.07, 6.45) is 5.40. The first-order valence-corrected chi connectivity index (χ1v) is 6.58. The van der Waals surface area contributed by atoms with Gasteiger partial charge in [0, 0.05) is 6.54 Å². The topological polar surface area (TPSA) is 66.4 Å². The zero-order valence-corrected chi connectivity index (χ0v) is 10.3. The lowest BCUT2D eigenvalue weighted by Crippen LogP contribution is -2.32. The molecule has 0 saturated heterocycles. The number of carboxylic acid groups (broad SMARTS) is 1. The second kappa shape index (κ2) is 5.07. The monoisotopic (exact) mass is 239 g/mol. The van der Waals surface area contributed by atoms with E-state index < -0.39 is 11.9 Å². The molecule has 2 aliphatic carbocycles. The van der Waals surface area contributed by atoms with Crippen LogP contribution in [-0.4, -0.2) is 23.5 Å². The Labute approximate surface area is 102 Å². The van der Waals surface area contributed by atoms with Crippen molar-refractivity contribution < 1.29 is 14.7 Å². The molecule has 2 fully saturated rings. The zero-order valence-electron chi connectivity index (χ0n) is 10.3. The number of nitrogens with one attached hydrogen (secondary N) is 1. The Bertz CT molecular complexity index is 308. The maximum Gasteiger partial charge on any atom is 0.307 e. The molecule has 2 unspecified atom stereocenters. The average molecular weight is 239 g/mol. The van der Waals surface area contributed by atoms with Crippen LogP contribution in [0.1, 0.15) is 39.0 Å². The third kappa shape index (κ3) is 3.20. The fraction of sp³-hybridized carbons (Fsp3) is 0.846. The number of hydrogen-bond acceptors (Lipinski definition) is 2. The lowest BCUT2D eigenvalue weighted by Gasteiger charge is -2.26. The van der Waals surface area contributed by atoms with E-state index in [0.29, 0.717) is 12.3 Å². The van der Waals surface area contributed by atoms with Crippen LogP contribution in [-0.2, 0) is 9.59 Å². The standard InChI is InChI=1S/C13H21NO3/c1-8-2-4-9(5-3-8)7-14-12(15)10-6-11(10)13(16)17/h8-11H,2-7H2,1H3,(H,14,15)(H,16,17). The number of rotatable bonds is 4. The highest BCUT2D eigenvalue weighted by Gasteiger charge is 2.48. The summed E-state index contributed by atoms with van der Waals surface area (Å²) in [6.45, 7) is 3.00. The number of hydrogen-bond donors (Lipinski definition) is 2. The van der Waals surface area contributed by atoms with Crippen LogP contribution >= 0.6 is 0 Å². The first-order valence-electron chi connectivity index (χ1n) is 6.58. The van der Waals surface area contributed by atoms with Crippen molar-refractivity contribution in [3.63, 3.8) is 0 Å². The largest absolute Gasteiger partial charge is 0.481 e. The summed E-state index contributed by atoms with van der Waals surface area (Å²) in [6, 6.07) is 0. The molecule has 0 spiro atoms. The third-order valence-electron chi connectivity index (χ3n) is 4.14. The van der Waals surface area contributed by atoms with Crippen molar-refractivity contribution in [3.8, 4) is 0 Å². The quantitative estimate of drug-likeness (QED) is 0.784. The van der Waals surface area contributed by atoms with Crippen LogP contribution in [0.2, 0.25) is 0 Å². The Morgan fingerprint density at radius 3 is 2.35 bits per heavy atom. The molecule has 2 atom stereocenters. The van der Waals surface area contributed by atoms with Gasteiger partial charge >= 0.3 is 5.97 Å². The smallest absolute Gasteiger partial charge is 0.307 e. The molecule has 4 heteroatoms. The summed E-state index contributed by atoms with van der Waals surface area (Å²) in [4.78, 5) is 22.3. The van der Waals surface area contributed by atoms with E-state index in [1.54, 1.807) is 0 Å². The molecule has 0 radical (unpaired) electrons. The maximum absolute atomic E-state index is 11.7. The Balaban J connectivity index is 1.66. The summed E-state index contributed by atoms with van der Waals surface area (Å²) in [5, 5.41) is 11.7. The molecule has 0 heterocycles. The van der Waals surface area contributed by atoms with Crippen LogP contribution < -0.4 is 5.32 Å². The van der Waals surface area contributed by atoms with E-state index >= 15 is 0 Å². The Morgan fingerprint density at radius 2 is 1.82 bits per heavy atom. The van der Waals surface area contributed by atoms with Crippen LogP contribution in [0, 0.1) is 23.7 Å². The summed E-state index contributed by atoms with van der Waals surface area (Å²) in [5.74, 6) is -0.178. The predicted octanol–water partition coefficient (Wildman–Crippen LogP) is 1.65. The minimum atomic E-state index is -0.836. The van der Waals surface area contributed by atoms with E-state index in [2.05, 4.69) is 12.2 Å². The van der Waals surface area contributed by atoms with Crippen molar-refractivity contribution >= 4 is 11.9 Å². The molecule has 0 aromatic heterocycles. The Hall–Kier alpha value is -1.06. The van der Waals surface area contributed by atoms with Crippen molar-refractivity contribution in [1.82, 2.24) is 5.32 Å². The molecule has 2 N–H and O–H groups in total. The fourth-order valence-electron chi connectivity index (χ4n) is 2.67. The predicted molar refractivity (Wildman–Crippen MR) is 63.4 cm³/mol. The Morgan fingerprint density at radius 1 is 1.18 bits per heavy atom. The average Bonchev–Trinajstić information content (AvgIpc) is 3.08. The Kier molecular flexibility index (Phi) is 3.69. The van der Waals surface area contributed by atoms with Gasteiger partial charge in [0.2, 0.25) is 5.91 Å². The van der Waals surface area contributed by atoms with Crippen molar-refractivity contribution in [2.75, 3.05) is 6.54 Å². The number of carbonyl (C=O) groups excluding carboxylic acids is 1. The van der Waals surface area contributed by atoms with Crippen molar-refractivity contribution in [2.24, 2.45) is 23.7 Å². The van der Waals surface area contributed by atoms with Crippen LogP contribution in [0.15, 0.2) is 0 Å². The highest BCUT2D eigenvalue weighted by Crippen LogP contribution is 2.38. The molecule has 0 aromatic rings. The third-order valence-corrected chi connectivity index (χ3v) is 4.14. The van der Waals surface area contributed by atoms with E-state index in [4.69, 9.17) is 5.11 Å². The van der Waals surface area contributed by atoms with Gasteiger partial charge in [-0.15, -0.1) is 0 Å². The van der Waals surface area contributed by atoms with E-state index in [1.165, 1.54) is 25.7 Å². The number of carbonyl (C=O) groups is 2. The first-order chi connectivity index (χ1) is 8.08. The molecule has 1 amide bonds. The lowest BCUT2D eigenvalue weighted by molar-refractivity contribution is -0.140. The van der Waals surface area contributed by atoms with Crippen LogP contribution in [0.25, 0.3) is 0 Å². The van der Waals surface area contributed by atoms with Gasteiger partial charge in [0.15, 0.2) is 0 Å². The second-order valence-electron chi connectivity index (χ2n) is 5.66. The van der Waals surface area contributed by atoms with Gasteiger partial charge in [-0.25, -0.2) is 0 Å². The maximum atomic E-state index is 11.7. The zero-order chi connectivity index (χ0) is 12.4. The van der Waals surface area contributed by atoms with Gasteiger partial charge in [0.25, 0.3) is 0 Å². The molecule has 0 aliphatic heterocycles. The van der Waals surface area contributed by atoms with E-state index in [9.17, 15) is 9.59 Å². The molecule has 2 aliphatic rings. The van der Waals surface area contributed by atoms with Gasteiger partial charge < -0.3 is 10.4 Å². The molecule has 2 saturated carbocycles. The van der Waals surface area contributed by atoms with Crippen molar-refractivity contribution in [2.45, 2.75) is 39.0 Å². The molecule has 96 valence electrons. The van der Waals surface area contributed by atoms with E-state index in [1.807, 2.05) is 0 Å². The van der Waals surface area contributed by atoms with Crippen LogP contribution in [0.4, 0.5) is 0 Å². The molecular formula is C13H21NO3. The van der Waals surface area contributed by atoms with Gasteiger partial charge in [0.1, 0.15) is 0 Å². The minimum Gasteiger partial charge on any atom is -0.481 e. The molecule has 2 rings (SSSR count). The minimum absolute atomic E-state index is 0.0592. The highest BCUT2D eigenvalue weighted by molar-refractivity contribution is 5.89. The van der Waals surface area contributed by atoms with E-state index in [0.717, 1.165) is 12.5 Å². The molecule has 4 nitrogen and oxygen atoms in total. The van der Waals surface area contributed by atoms with Crippen LogP contribution in [0.5, 0.6) is 0 Å². The summed E-state index contributed by atoms with van der Waals surface area (Å²) in [5.41, 5.74) is 0. The summed E-state index contributed by atoms with van der Waals surface area (Å²) in [7, 11) is 0. The van der Waals surface area contributed by atoms with E-state index in [-0.39, 0.29) is 11.8 Å². The van der Waals surface area contributed by atoms with Crippen molar-refractivity contribution in [3.05, 3.63) is 0 Å². The molecule has 0 bridgehead atoms. The SMILES string of the molecule is CC1CCC(CNC(=O)C2CC2C(=O)O)CC1.